The smallest absolute Gasteiger partial charge is 0.356 e. The van der Waals surface area contributed by atoms with Gasteiger partial charge in [-0.3, -0.25) is 9.69 Å². The molecule has 2 unspecified atom stereocenters. The van der Waals surface area contributed by atoms with Gasteiger partial charge < -0.3 is 14.6 Å². The molecule has 1 amide bonds. The molecule has 1 saturated heterocycles. The van der Waals surface area contributed by atoms with E-state index in [1.54, 1.807) is 0 Å². The maximum Gasteiger partial charge on any atom is 0.356 e. The van der Waals surface area contributed by atoms with Gasteiger partial charge in [0.25, 0.3) is 0 Å². The molecule has 0 aliphatic carbocycles. The Kier molecular flexibility index (Phi) is 6.92. The highest BCUT2D eigenvalue weighted by molar-refractivity contribution is 8.00. The Labute approximate surface area is 178 Å². The Bertz CT molecular complexity index is 799. The van der Waals surface area contributed by atoms with Crippen molar-refractivity contribution in [1.29, 1.82) is 0 Å². The van der Waals surface area contributed by atoms with Crippen molar-refractivity contribution in [3.63, 3.8) is 0 Å². The molecule has 29 heavy (non-hydrogen) atoms. The lowest BCUT2D eigenvalue weighted by Crippen LogP contribution is -2.64. The van der Waals surface area contributed by atoms with Crippen LogP contribution in [0, 0.1) is 5.92 Å². The van der Waals surface area contributed by atoms with Crippen molar-refractivity contribution in [1.82, 2.24) is 4.90 Å². The maximum absolute atomic E-state index is 13.0. The normalized spacial score (nSPS) is 22.0. The highest BCUT2D eigenvalue weighted by atomic mass is 32.2. The molecule has 2 rings (SSSR count). The zero-order chi connectivity index (χ0) is 22.1. The van der Waals surface area contributed by atoms with Crippen LogP contribution in [-0.2, 0) is 14.0 Å². The summed E-state index contributed by atoms with van der Waals surface area (Å²) < 4.78 is 6.45. The average molecular weight is 438 g/mol. The summed E-state index contributed by atoms with van der Waals surface area (Å²) in [5, 5.41) is 19.0. The van der Waals surface area contributed by atoms with Gasteiger partial charge in [-0.05, 0) is 44.1 Å². The van der Waals surface area contributed by atoms with Crippen molar-refractivity contribution in [2.24, 2.45) is 5.92 Å². The van der Waals surface area contributed by atoms with Crippen LogP contribution in [0.2, 0.25) is 18.1 Å². The fourth-order valence-electron chi connectivity index (χ4n) is 3.07. The van der Waals surface area contributed by atoms with Crippen LogP contribution in [-0.4, -0.2) is 46.8 Å². The molecular formula is C21H31NO5SSi. The van der Waals surface area contributed by atoms with Crippen molar-refractivity contribution in [2.45, 2.75) is 69.1 Å². The first kappa shape index (κ1) is 23.5. The van der Waals surface area contributed by atoms with Crippen LogP contribution in [0.4, 0.5) is 0 Å². The van der Waals surface area contributed by atoms with Gasteiger partial charge in [0.2, 0.25) is 5.91 Å². The summed E-state index contributed by atoms with van der Waals surface area (Å²) in [4.78, 5) is 26.8. The Morgan fingerprint density at radius 2 is 1.76 bits per heavy atom. The van der Waals surface area contributed by atoms with E-state index in [4.69, 9.17) is 4.43 Å². The molecule has 2 N–H and O–H groups in total. The predicted molar refractivity (Wildman–Crippen MR) is 117 cm³/mol. The molecule has 1 aromatic rings. The summed E-state index contributed by atoms with van der Waals surface area (Å²) in [6.45, 7) is 13.8. The molecule has 0 bridgehead atoms. The van der Waals surface area contributed by atoms with Gasteiger partial charge in [-0.1, -0.05) is 50.7 Å². The Morgan fingerprint density at radius 3 is 2.21 bits per heavy atom. The van der Waals surface area contributed by atoms with Gasteiger partial charge in [0.05, 0.1) is 12.0 Å². The lowest BCUT2D eigenvalue weighted by Gasteiger charge is -2.50. The molecule has 0 aromatic heterocycles. The number of likely N-dealkylation sites (tertiary alicyclic amines) is 1. The number of hydrogen-bond acceptors (Lipinski definition) is 5. The van der Waals surface area contributed by atoms with Crippen LogP contribution in [0.1, 0.15) is 34.6 Å². The Morgan fingerprint density at radius 1 is 1.21 bits per heavy atom. The minimum Gasteiger partial charge on any atom is -0.510 e. The fourth-order valence-corrected chi connectivity index (χ4v) is 5.89. The van der Waals surface area contributed by atoms with Crippen molar-refractivity contribution < 1.29 is 24.2 Å². The second-order valence-electron chi connectivity index (χ2n) is 8.88. The molecule has 1 heterocycles. The molecule has 0 saturated carbocycles. The number of benzene rings is 1. The predicted octanol–water partition coefficient (Wildman–Crippen LogP) is 4.85. The number of carbonyl (C=O) groups excluding carboxylic acids is 1. The molecule has 1 aliphatic rings. The molecule has 1 aromatic carbocycles. The van der Waals surface area contributed by atoms with E-state index in [1.165, 1.54) is 23.6 Å². The van der Waals surface area contributed by atoms with E-state index in [0.717, 1.165) is 4.90 Å². The van der Waals surface area contributed by atoms with E-state index in [9.17, 15) is 19.8 Å². The van der Waals surface area contributed by atoms with Crippen molar-refractivity contribution in [3.05, 3.63) is 41.8 Å². The number of allylic oxidation sites excluding steroid dienone is 1. The van der Waals surface area contributed by atoms with Gasteiger partial charge in [-0.25, -0.2) is 4.79 Å². The van der Waals surface area contributed by atoms with E-state index in [-0.39, 0.29) is 28.5 Å². The highest BCUT2D eigenvalue weighted by Crippen LogP contribution is 2.46. The summed E-state index contributed by atoms with van der Waals surface area (Å²) in [6, 6.07) is 9.51. The average Bonchev–Trinajstić information content (AvgIpc) is 2.57. The first-order valence-electron chi connectivity index (χ1n) is 9.63. The number of nitrogens with zero attached hydrogens (tertiary/aromatic N) is 1. The van der Waals surface area contributed by atoms with Gasteiger partial charge in [0.15, 0.2) is 14.0 Å². The lowest BCUT2D eigenvalue weighted by molar-refractivity contribution is -0.157. The van der Waals surface area contributed by atoms with Crippen LogP contribution in [0.3, 0.4) is 0 Å². The third-order valence-electron chi connectivity index (χ3n) is 5.66. The number of β-lactam (4-membered cyclic amide) rings is 1. The van der Waals surface area contributed by atoms with Crippen LogP contribution < -0.4 is 0 Å². The number of aliphatic hydroxyl groups is 1. The number of rotatable bonds is 7. The van der Waals surface area contributed by atoms with Crippen molar-refractivity contribution >= 4 is 32.0 Å². The van der Waals surface area contributed by atoms with Crippen molar-refractivity contribution in [3.8, 4) is 0 Å². The summed E-state index contributed by atoms with van der Waals surface area (Å²) in [5.41, 5.74) is -0.376. The quantitative estimate of drug-likeness (QED) is 0.274. The molecule has 1 aliphatic heterocycles. The number of carboxylic acid groups (broad SMARTS) is 1. The second-order valence-corrected chi connectivity index (χ2v) is 14.8. The van der Waals surface area contributed by atoms with Crippen molar-refractivity contribution in [2.75, 3.05) is 0 Å². The van der Waals surface area contributed by atoms with E-state index in [0.29, 0.717) is 0 Å². The molecule has 160 valence electrons. The van der Waals surface area contributed by atoms with E-state index >= 15 is 0 Å². The second kappa shape index (κ2) is 8.53. The summed E-state index contributed by atoms with van der Waals surface area (Å²) in [6.07, 6.45) is -0.366. The van der Waals surface area contributed by atoms with Gasteiger partial charge in [-0.15, -0.1) is 0 Å². The number of amides is 1. The van der Waals surface area contributed by atoms with Crippen LogP contribution in [0.5, 0.6) is 0 Å². The number of hydrogen-bond donors (Lipinski definition) is 2. The zero-order valence-electron chi connectivity index (χ0n) is 18.1. The number of aliphatic carboxylic acids is 1. The summed E-state index contributed by atoms with van der Waals surface area (Å²) in [5.74, 6) is -2.55. The number of thioether (sulfide) groups is 1. The van der Waals surface area contributed by atoms with Crippen LogP contribution >= 0.6 is 11.8 Å². The number of carbonyl (C=O) groups is 2. The molecule has 8 heteroatoms. The minimum absolute atomic E-state index is 0.0103. The molecule has 1 fully saturated rings. The number of aliphatic hydroxyl groups excluding tert-OH is 1. The molecular weight excluding hydrogens is 406 g/mol. The Hall–Kier alpha value is -1.77. The molecule has 6 nitrogen and oxygen atoms in total. The SMILES string of the molecule is C/C(O)=C(/C(=O)O)N1C(=O)C([C@@H](C)O[Si](C)(C)C(C)(C)C)C1Sc1ccccc1. The fraction of sp³-hybridized carbons (Fsp3) is 0.524. The third kappa shape index (κ3) is 4.87. The lowest BCUT2D eigenvalue weighted by atomic mass is 9.92. The highest BCUT2D eigenvalue weighted by Gasteiger charge is 2.55. The number of carboxylic acids is 1. The van der Waals surface area contributed by atoms with Gasteiger partial charge in [0.1, 0.15) is 11.1 Å². The standard InChI is InChI=1S/C21H31NO5SSi/c1-13(23)17(20(25)26)22-18(24)16(14(2)27-29(6,7)21(3,4)5)19(22)28-15-11-9-8-10-12-15/h8-12,14,16,19,23H,1-7H3,(H,25,26)/b17-13+/t14-,16?,19?/m1/s1. The van der Waals surface area contributed by atoms with E-state index in [1.807, 2.05) is 37.3 Å². The van der Waals surface area contributed by atoms with Crippen LogP contribution in [0.25, 0.3) is 0 Å². The third-order valence-corrected chi connectivity index (χ3v) is 11.5. The topological polar surface area (TPSA) is 87.1 Å². The first-order chi connectivity index (χ1) is 13.3. The van der Waals surface area contributed by atoms with Gasteiger partial charge >= 0.3 is 5.97 Å². The maximum atomic E-state index is 13.0. The van der Waals surface area contributed by atoms with E-state index < -0.39 is 25.6 Å². The minimum atomic E-state index is -2.11. The Balaban J connectivity index is 2.37. The first-order valence-corrected chi connectivity index (χ1v) is 13.4. The van der Waals surface area contributed by atoms with Gasteiger partial charge in [-0.2, -0.15) is 0 Å². The van der Waals surface area contributed by atoms with Gasteiger partial charge in [0, 0.05) is 4.90 Å². The largest absolute Gasteiger partial charge is 0.510 e. The van der Waals surface area contributed by atoms with Crippen LogP contribution in [0.15, 0.2) is 46.7 Å². The molecule has 0 spiro atoms. The monoisotopic (exact) mass is 437 g/mol. The molecule has 0 radical (unpaired) electrons. The van der Waals surface area contributed by atoms with E-state index in [2.05, 4.69) is 33.9 Å². The summed E-state index contributed by atoms with van der Waals surface area (Å²) >= 11 is 1.41. The molecule has 3 atom stereocenters. The zero-order valence-corrected chi connectivity index (χ0v) is 19.9. The summed E-state index contributed by atoms with van der Waals surface area (Å²) in [7, 11) is -2.11.